The van der Waals surface area contributed by atoms with Crippen LogP contribution in [0.2, 0.25) is 0 Å². The number of nitrogens with zero attached hydrogens (tertiary/aromatic N) is 4. The van der Waals surface area contributed by atoms with Gasteiger partial charge >= 0.3 is 0 Å². The molecular formula is C14H23N5O. The fraction of sp³-hybridized carbons (Fsp3) is 0.714. The number of likely N-dealkylation sites (tertiary alicyclic amines) is 1. The number of aryl methyl sites for hydroxylation is 1. The molecule has 0 bridgehead atoms. The van der Waals surface area contributed by atoms with Crippen molar-refractivity contribution < 1.29 is 4.79 Å². The molecule has 6 nitrogen and oxygen atoms in total. The van der Waals surface area contributed by atoms with Gasteiger partial charge in [0.2, 0.25) is 5.95 Å². The van der Waals surface area contributed by atoms with E-state index in [9.17, 15) is 4.79 Å². The Hall–Kier alpha value is -1.56. The molecule has 6 heteroatoms. The van der Waals surface area contributed by atoms with Crippen LogP contribution in [-0.2, 0) is 6.54 Å². The molecule has 0 radical (unpaired) electrons. The summed E-state index contributed by atoms with van der Waals surface area (Å²) in [6, 6.07) is 0.593. The number of fused-ring (bicyclic) bond motifs is 1. The summed E-state index contributed by atoms with van der Waals surface area (Å²) >= 11 is 0. The maximum Gasteiger partial charge on any atom is 0.274 e. The van der Waals surface area contributed by atoms with Gasteiger partial charge in [-0.25, -0.2) is 4.98 Å². The first-order valence-electron chi connectivity index (χ1n) is 7.42. The summed E-state index contributed by atoms with van der Waals surface area (Å²) in [6.45, 7) is 3.55. The average Bonchev–Trinajstić information content (AvgIpc) is 2.90. The quantitative estimate of drug-likeness (QED) is 0.871. The summed E-state index contributed by atoms with van der Waals surface area (Å²) in [6.07, 6.45) is 5.07. The number of nitrogens with one attached hydrogen (secondary N) is 1. The van der Waals surface area contributed by atoms with Crippen LogP contribution in [0.25, 0.3) is 0 Å². The predicted molar refractivity (Wildman–Crippen MR) is 77.9 cm³/mol. The number of carbonyl (C=O) groups is 1. The molecule has 1 aromatic heterocycles. The molecule has 1 amide bonds. The molecule has 1 aromatic rings. The minimum Gasteiger partial charge on any atom is -0.356 e. The topological polar surface area (TPSA) is 53.4 Å². The van der Waals surface area contributed by atoms with Crippen LogP contribution in [0, 0.1) is 0 Å². The molecule has 0 aromatic carbocycles. The van der Waals surface area contributed by atoms with Crippen molar-refractivity contribution in [1.82, 2.24) is 19.4 Å². The van der Waals surface area contributed by atoms with Gasteiger partial charge in [0, 0.05) is 38.4 Å². The largest absolute Gasteiger partial charge is 0.356 e. The summed E-state index contributed by atoms with van der Waals surface area (Å²) < 4.78 is 2.04. The molecule has 0 atom stereocenters. The van der Waals surface area contributed by atoms with Gasteiger partial charge in [-0.15, -0.1) is 0 Å². The van der Waals surface area contributed by atoms with Crippen LogP contribution in [-0.4, -0.2) is 65.0 Å². The number of amides is 1. The van der Waals surface area contributed by atoms with Crippen molar-refractivity contribution in [3.05, 3.63) is 11.9 Å². The number of piperidine rings is 1. The minimum absolute atomic E-state index is 0.0749. The molecule has 1 fully saturated rings. The molecule has 0 spiro atoms. The van der Waals surface area contributed by atoms with Gasteiger partial charge in [0.25, 0.3) is 5.91 Å². The molecule has 3 heterocycles. The molecule has 1 N–H and O–H groups in total. The van der Waals surface area contributed by atoms with Crippen LogP contribution in [0.1, 0.15) is 29.8 Å². The lowest BCUT2D eigenvalue weighted by Crippen LogP contribution is -2.44. The van der Waals surface area contributed by atoms with E-state index in [2.05, 4.69) is 29.3 Å². The second-order valence-corrected chi connectivity index (χ2v) is 5.91. The van der Waals surface area contributed by atoms with Gasteiger partial charge in [0.05, 0.1) is 0 Å². The Morgan fingerprint density at radius 1 is 1.35 bits per heavy atom. The summed E-state index contributed by atoms with van der Waals surface area (Å²) in [5.74, 6) is 0.911. The number of carbonyl (C=O) groups excluding carboxylic acids is 1. The van der Waals surface area contributed by atoms with Gasteiger partial charge < -0.3 is 19.7 Å². The van der Waals surface area contributed by atoms with E-state index < -0.39 is 0 Å². The van der Waals surface area contributed by atoms with Crippen molar-refractivity contribution in [1.29, 1.82) is 0 Å². The lowest BCUT2D eigenvalue weighted by Gasteiger charge is -2.34. The molecule has 0 saturated carbocycles. The normalized spacial score (nSPS) is 19.9. The van der Waals surface area contributed by atoms with E-state index in [0.29, 0.717) is 11.7 Å². The van der Waals surface area contributed by atoms with E-state index in [-0.39, 0.29) is 5.91 Å². The highest BCUT2D eigenvalue weighted by molar-refractivity contribution is 5.92. The zero-order valence-electron chi connectivity index (χ0n) is 12.3. The molecule has 3 rings (SSSR count). The van der Waals surface area contributed by atoms with E-state index in [4.69, 9.17) is 0 Å². The molecule has 1 saturated heterocycles. The lowest BCUT2D eigenvalue weighted by atomic mass is 10.0. The van der Waals surface area contributed by atoms with E-state index in [1.165, 1.54) is 0 Å². The van der Waals surface area contributed by atoms with Crippen molar-refractivity contribution in [3.63, 3.8) is 0 Å². The smallest absolute Gasteiger partial charge is 0.274 e. The summed E-state index contributed by atoms with van der Waals surface area (Å²) in [4.78, 5) is 21.1. The molecule has 0 aliphatic carbocycles. The van der Waals surface area contributed by atoms with Crippen LogP contribution < -0.4 is 5.32 Å². The third-order valence-electron chi connectivity index (χ3n) is 4.34. The van der Waals surface area contributed by atoms with Gasteiger partial charge in [-0.2, -0.15) is 0 Å². The SMILES string of the molecule is CN(C)C1CCN(C(=O)c2cn3c(n2)NCCC3)CC1. The maximum atomic E-state index is 12.5. The Bertz CT molecular complexity index is 464. The Morgan fingerprint density at radius 3 is 2.75 bits per heavy atom. The molecule has 2 aliphatic rings. The fourth-order valence-corrected chi connectivity index (χ4v) is 3.03. The van der Waals surface area contributed by atoms with Gasteiger partial charge in [-0.3, -0.25) is 4.79 Å². The van der Waals surface area contributed by atoms with Crippen molar-refractivity contribution in [3.8, 4) is 0 Å². The third-order valence-corrected chi connectivity index (χ3v) is 4.34. The van der Waals surface area contributed by atoms with E-state index in [1.807, 2.05) is 15.7 Å². The number of aromatic nitrogens is 2. The Morgan fingerprint density at radius 2 is 2.10 bits per heavy atom. The molecule has 2 aliphatic heterocycles. The average molecular weight is 277 g/mol. The Kier molecular flexibility index (Phi) is 3.65. The van der Waals surface area contributed by atoms with Gasteiger partial charge in [0.15, 0.2) is 0 Å². The molecule has 110 valence electrons. The number of hydrogen-bond donors (Lipinski definition) is 1. The summed E-state index contributed by atoms with van der Waals surface area (Å²) in [5, 5.41) is 3.24. The monoisotopic (exact) mass is 277 g/mol. The van der Waals surface area contributed by atoms with Crippen molar-refractivity contribution >= 4 is 11.9 Å². The molecule has 20 heavy (non-hydrogen) atoms. The Labute approximate surface area is 119 Å². The van der Waals surface area contributed by atoms with Crippen LogP contribution >= 0.6 is 0 Å². The Balaban J connectivity index is 1.66. The minimum atomic E-state index is 0.0749. The third kappa shape index (κ3) is 2.52. The van der Waals surface area contributed by atoms with E-state index in [0.717, 1.165) is 51.4 Å². The zero-order valence-corrected chi connectivity index (χ0v) is 12.3. The fourth-order valence-electron chi connectivity index (χ4n) is 3.03. The number of rotatable bonds is 2. The molecule has 0 unspecified atom stereocenters. The standard InChI is InChI=1S/C14H23N5O/c1-17(2)11-4-8-18(9-5-11)13(20)12-10-19-7-3-6-15-14(19)16-12/h10-11H,3-9H2,1-2H3,(H,15,16). The van der Waals surface area contributed by atoms with Crippen LogP contribution in [0.3, 0.4) is 0 Å². The highest BCUT2D eigenvalue weighted by Crippen LogP contribution is 2.19. The number of anilines is 1. The van der Waals surface area contributed by atoms with Crippen molar-refractivity contribution in [2.24, 2.45) is 0 Å². The number of imidazole rings is 1. The van der Waals surface area contributed by atoms with E-state index >= 15 is 0 Å². The zero-order chi connectivity index (χ0) is 14.1. The first-order chi connectivity index (χ1) is 9.65. The highest BCUT2D eigenvalue weighted by atomic mass is 16.2. The second kappa shape index (κ2) is 5.44. The van der Waals surface area contributed by atoms with Crippen LogP contribution in [0.5, 0.6) is 0 Å². The first kappa shape index (κ1) is 13.4. The van der Waals surface area contributed by atoms with Gasteiger partial charge in [-0.1, -0.05) is 0 Å². The lowest BCUT2D eigenvalue weighted by molar-refractivity contribution is 0.0658. The second-order valence-electron chi connectivity index (χ2n) is 5.91. The maximum absolute atomic E-state index is 12.5. The summed E-state index contributed by atoms with van der Waals surface area (Å²) in [5.41, 5.74) is 0.581. The summed E-state index contributed by atoms with van der Waals surface area (Å²) in [7, 11) is 4.22. The van der Waals surface area contributed by atoms with Crippen LogP contribution in [0.15, 0.2) is 6.20 Å². The van der Waals surface area contributed by atoms with Gasteiger partial charge in [-0.05, 0) is 33.4 Å². The van der Waals surface area contributed by atoms with Crippen molar-refractivity contribution in [2.45, 2.75) is 31.8 Å². The van der Waals surface area contributed by atoms with Crippen LogP contribution in [0.4, 0.5) is 5.95 Å². The number of hydrogen-bond acceptors (Lipinski definition) is 4. The molecular weight excluding hydrogens is 254 g/mol. The predicted octanol–water partition coefficient (Wildman–Crippen LogP) is 0.865. The highest BCUT2D eigenvalue weighted by Gasteiger charge is 2.26. The van der Waals surface area contributed by atoms with E-state index in [1.54, 1.807) is 0 Å². The first-order valence-corrected chi connectivity index (χ1v) is 7.42. The van der Waals surface area contributed by atoms with Gasteiger partial charge in [0.1, 0.15) is 5.69 Å². The van der Waals surface area contributed by atoms with Crippen molar-refractivity contribution in [2.75, 3.05) is 39.0 Å².